The van der Waals surface area contributed by atoms with Gasteiger partial charge in [0.25, 0.3) is 0 Å². The van der Waals surface area contributed by atoms with E-state index < -0.39 is 34.4 Å². The highest BCUT2D eigenvalue weighted by Crippen LogP contribution is 2.47. The van der Waals surface area contributed by atoms with E-state index in [2.05, 4.69) is 20.9 Å². The Labute approximate surface area is 236 Å². The van der Waals surface area contributed by atoms with Gasteiger partial charge in [0.2, 0.25) is 17.7 Å². The predicted octanol–water partition coefficient (Wildman–Crippen LogP) is 3.87. The highest BCUT2D eigenvalue weighted by Gasteiger charge is 2.51. The van der Waals surface area contributed by atoms with Crippen LogP contribution in [-0.4, -0.2) is 47.2 Å². The number of pyridine rings is 1. The largest absolute Gasteiger partial charge is 0.326 e. The molecule has 6 rings (SSSR count). The first kappa shape index (κ1) is 27.0. The van der Waals surface area contributed by atoms with Gasteiger partial charge in [-0.05, 0) is 87.2 Å². The monoisotopic (exact) mass is 559 g/mol. The summed E-state index contributed by atoms with van der Waals surface area (Å²) in [6.45, 7) is 3.31. The molecule has 3 N–H and O–H groups in total. The molecule has 3 aromatic rings. The minimum atomic E-state index is -0.841. The number of hydrogen-bond acceptors (Lipinski definition) is 5. The SMILES string of the molecule is CNC1CC(c2cc(F)cc(F)c2)N(CC(=O)Nc2ccc3c(c2)CC2(C3)C(=O)Nc3ncccc32)C(=O)C1(C)C. The lowest BCUT2D eigenvalue weighted by Crippen LogP contribution is -2.59. The summed E-state index contributed by atoms with van der Waals surface area (Å²) in [6.07, 6.45) is 3.05. The number of fused-ring (bicyclic) bond motifs is 3. The first-order valence-corrected chi connectivity index (χ1v) is 13.6. The molecule has 10 heteroatoms. The Balaban J connectivity index is 1.23. The van der Waals surface area contributed by atoms with Gasteiger partial charge in [-0.3, -0.25) is 14.4 Å². The fraction of sp³-hybridized carbons (Fsp3) is 0.355. The number of benzene rings is 2. The van der Waals surface area contributed by atoms with E-state index in [4.69, 9.17) is 0 Å². The van der Waals surface area contributed by atoms with E-state index in [0.29, 0.717) is 36.3 Å². The van der Waals surface area contributed by atoms with Crippen LogP contribution < -0.4 is 16.0 Å². The maximum Gasteiger partial charge on any atom is 0.244 e. The molecule has 3 aliphatic rings. The van der Waals surface area contributed by atoms with Gasteiger partial charge in [-0.1, -0.05) is 12.1 Å². The van der Waals surface area contributed by atoms with Gasteiger partial charge >= 0.3 is 0 Å². The van der Waals surface area contributed by atoms with Crippen LogP contribution in [0.5, 0.6) is 0 Å². The van der Waals surface area contributed by atoms with E-state index in [1.807, 2.05) is 24.3 Å². The van der Waals surface area contributed by atoms with Crippen molar-refractivity contribution in [2.45, 2.75) is 50.6 Å². The number of carbonyl (C=O) groups is 3. The van der Waals surface area contributed by atoms with Gasteiger partial charge in [-0.2, -0.15) is 0 Å². The van der Waals surface area contributed by atoms with Gasteiger partial charge in [0.15, 0.2) is 0 Å². The number of likely N-dealkylation sites (tertiary alicyclic amines) is 1. The smallest absolute Gasteiger partial charge is 0.244 e. The molecule has 2 aliphatic heterocycles. The van der Waals surface area contributed by atoms with Crippen molar-refractivity contribution < 1.29 is 23.2 Å². The van der Waals surface area contributed by atoms with Gasteiger partial charge in [0, 0.05) is 29.6 Å². The molecule has 3 amide bonds. The zero-order chi connectivity index (χ0) is 29.1. The molecular formula is C31H31F2N5O3. The Morgan fingerprint density at radius 3 is 2.54 bits per heavy atom. The summed E-state index contributed by atoms with van der Waals surface area (Å²) in [5, 5.41) is 8.93. The third-order valence-corrected chi connectivity index (χ3v) is 8.91. The Hall–Kier alpha value is -4.18. The predicted molar refractivity (Wildman–Crippen MR) is 149 cm³/mol. The number of carbonyl (C=O) groups excluding carboxylic acids is 3. The number of hydrogen-bond donors (Lipinski definition) is 3. The minimum Gasteiger partial charge on any atom is -0.326 e. The van der Waals surface area contributed by atoms with Gasteiger partial charge in [-0.15, -0.1) is 0 Å². The molecule has 3 unspecified atom stereocenters. The van der Waals surface area contributed by atoms with Crippen molar-refractivity contribution >= 4 is 29.2 Å². The fourth-order valence-electron chi connectivity index (χ4n) is 6.75. The van der Waals surface area contributed by atoms with Crippen LogP contribution in [0.15, 0.2) is 54.7 Å². The fourth-order valence-corrected chi connectivity index (χ4v) is 6.75. The van der Waals surface area contributed by atoms with Gasteiger partial charge < -0.3 is 20.9 Å². The van der Waals surface area contributed by atoms with Crippen LogP contribution in [0.3, 0.4) is 0 Å². The van der Waals surface area contributed by atoms with Gasteiger partial charge in [0.05, 0.1) is 16.9 Å². The van der Waals surface area contributed by atoms with Crippen molar-refractivity contribution in [2.75, 3.05) is 24.2 Å². The molecule has 8 nitrogen and oxygen atoms in total. The summed E-state index contributed by atoms with van der Waals surface area (Å²) >= 11 is 0. The number of aromatic nitrogens is 1. The normalized spacial score (nSPS) is 24.3. The summed E-state index contributed by atoms with van der Waals surface area (Å²) in [6, 6.07) is 11.5. The van der Waals surface area contributed by atoms with Crippen LogP contribution in [0.2, 0.25) is 0 Å². The van der Waals surface area contributed by atoms with Crippen LogP contribution in [-0.2, 0) is 32.6 Å². The maximum atomic E-state index is 14.1. The van der Waals surface area contributed by atoms with Crippen LogP contribution in [0.1, 0.15) is 48.6 Å². The number of anilines is 2. The summed E-state index contributed by atoms with van der Waals surface area (Å²) in [5.41, 5.74) is 2.12. The van der Waals surface area contributed by atoms with Crippen LogP contribution in [0, 0.1) is 17.0 Å². The molecule has 3 heterocycles. The molecule has 1 spiro atoms. The summed E-state index contributed by atoms with van der Waals surface area (Å²) in [7, 11) is 1.74. The molecule has 0 radical (unpaired) electrons. The number of halogens is 2. The number of nitrogens with one attached hydrogen (secondary N) is 3. The quantitative estimate of drug-likeness (QED) is 0.441. The van der Waals surface area contributed by atoms with Crippen molar-refractivity contribution in [2.24, 2.45) is 5.41 Å². The Morgan fingerprint density at radius 1 is 1.07 bits per heavy atom. The number of amides is 3. The standard InChI is InChI=1S/C31H31F2N5O3/c1-30(2)25(34-3)13-24(18-9-20(32)12-21(33)10-18)38(29(30)41)16-26(39)36-22-7-6-17-14-31(15-19(17)11-22)23-5-4-8-35-27(23)37-28(31)40/h4-12,24-25,34H,13-16H2,1-3H3,(H,36,39)(H,35,37,40). The zero-order valence-corrected chi connectivity index (χ0v) is 23.1. The second-order valence-electron chi connectivity index (χ2n) is 11.8. The minimum absolute atomic E-state index is 0.0843. The van der Waals surface area contributed by atoms with Crippen LogP contribution in [0.25, 0.3) is 0 Å². The van der Waals surface area contributed by atoms with Crippen LogP contribution >= 0.6 is 0 Å². The second kappa shape index (κ2) is 9.73. The van der Waals surface area contributed by atoms with E-state index >= 15 is 0 Å². The second-order valence-corrected chi connectivity index (χ2v) is 11.8. The summed E-state index contributed by atoms with van der Waals surface area (Å²) < 4.78 is 28.3. The van der Waals surface area contributed by atoms with Crippen molar-refractivity contribution in [1.29, 1.82) is 0 Å². The third kappa shape index (κ3) is 4.46. The average Bonchev–Trinajstić information content (AvgIpc) is 3.43. The zero-order valence-electron chi connectivity index (χ0n) is 23.1. The summed E-state index contributed by atoms with van der Waals surface area (Å²) in [5.74, 6) is -1.70. The Kier molecular flexibility index (Phi) is 6.41. The van der Waals surface area contributed by atoms with Gasteiger partial charge in [0.1, 0.15) is 24.0 Å². The molecule has 3 atom stereocenters. The molecule has 1 aliphatic carbocycles. The Morgan fingerprint density at radius 2 is 1.80 bits per heavy atom. The van der Waals surface area contributed by atoms with E-state index in [1.165, 1.54) is 17.0 Å². The summed E-state index contributed by atoms with van der Waals surface area (Å²) in [4.78, 5) is 45.7. The first-order valence-electron chi connectivity index (χ1n) is 13.6. The molecule has 0 saturated carbocycles. The molecule has 212 valence electrons. The third-order valence-electron chi connectivity index (χ3n) is 8.91. The Bertz CT molecular complexity index is 1570. The van der Waals surface area contributed by atoms with Crippen molar-refractivity contribution in [1.82, 2.24) is 15.2 Å². The number of nitrogens with zero attached hydrogens (tertiary/aromatic N) is 2. The molecule has 2 aromatic carbocycles. The van der Waals surface area contributed by atoms with Crippen molar-refractivity contribution in [3.8, 4) is 0 Å². The lowest BCUT2D eigenvalue weighted by Gasteiger charge is -2.47. The lowest BCUT2D eigenvalue weighted by atomic mass is 9.74. The topological polar surface area (TPSA) is 103 Å². The van der Waals surface area contributed by atoms with Gasteiger partial charge in [-0.25, -0.2) is 13.8 Å². The van der Waals surface area contributed by atoms with E-state index in [-0.39, 0.29) is 24.4 Å². The van der Waals surface area contributed by atoms with E-state index in [0.717, 1.165) is 22.8 Å². The highest BCUT2D eigenvalue weighted by atomic mass is 19.1. The van der Waals surface area contributed by atoms with E-state index in [9.17, 15) is 23.2 Å². The van der Waals surface area contributed by atoms with Crippen molar-refractivity contribution in [3.05, 3.63) is 88.6 Å². The average molecular weight is 560 g/mol. The van der Waals surface area contributed by atoms with E-state index in [1.54, 1.807) is 33.2 Å². The first-order chi connectivity index (χ1) is 19.5. The maximum absolute atomic E-state index is 14.1. The molecular weight excluding hydrogens is 528 g/mol. The molecule has 1 aromatic heterocycles. The highest BCUT2D eigenvalue weighted by molar-refractivity contribution is 6.06. The number of piperidine rings is 1. The lowest BCUT2D eigenvalue weighted by molar-refractivity contribution is -0.152. The van der Waals surface area contributed by atoms with Crippen LogP contribution in [0.4, 0.5) is 20.3 Å². The van der Waals surface area contributed by atoms with Crippen molar-refractivity contribution in [3.63, 3.8) is 0 Å². The molecule has 0 bridgehead atoms. The molecule has 1 fully saturated rings. The number of rotatable bonds is 5. The molecule has 41 heavy (non-hydrogen) atoms. The molecule has 1 saturated heterocycles.